The van der Waals surface area contributed by atoms with E-state index >= 15 is 0 Å². The smallest absolute Gasteiger partial charge is 0.401 e. The van der Waals surface area contributed by atoms with Crippen molar-refractivity contribution >= 4 is 0 Å². The lowest BCUT2D eigenvalue weighted by Gasteiger charge is -2.38. The summed E-state index contributed by atoms with van der Waals surface area (Å²) in [6.45, 7) is 1.65. The van der Waals surface area contributed by atoms with Crippen LogP contribution in [-0.4, -0.2) is 67.1 Å². The molecule has 8 heteroatoms. The number of likely N-dealkylation sites (tertiary alicyclic amines) is 1. The summed E-state index contributed by atoms with van der Waals surface area (Å²) in [5.41, 5.74) is 3.34. The number of aliphatic hydroxyl groups excluding tert-OH is 1. The van der Waals surface area contributed by atoms with Gasteiger partial charge in [0, 0.05) is 32.1 Å². The normalized spacial score (nSPS) is 20.1. The Morgan fingerprint density at radius 2 is 1.81 bits per heavy atom. The zero-order valence-corrected chi connectivity index (χ0v) is 17.8. The summed E-state index contributed by atoms with van der Waals surface area (Å²) in [5, 5.41) is 9.41. The van der Waals surface area contributed by atoms with E-state index < -0.39 is 18.8 Å². The van der Waals surface area contributed by atoms with Gasteiger partial charge in [0.25, 0.3) is 0 Å². The lowest BCUT2D eigenvalue weighted by Crippen LogP contribution is -2.49. The molecule has 2 aromatic carbocycles. The first kappa shape index (κ1) is 23.0. The number of hydrogen-bond acceptors (Lipinski definition) is 4. The molecule has 0 radical (unpaired) electrons. The number of alkyl halides is 4. The lowest BCUT2D eigenvalue weighted by atomic mass is 9.87. The third kappa shape index (κ3) is 5.42. The van der Waals surface area contributed by atoms with Crippen LogP contribution in [0.25, 0.3) is 0 Å². The Kier molecular flexibility index (Phi) is 7.02. The van der Waals surface area contributed by atoms with Crippen molar-refractivity contribution in [2.45, 2.75) is 25.2 Å². The molecule has 0 aromatic heterocycles. The van der Waals surface area contributed by atoms with Crippen molar-refractivity contribution in [1.29, 1.82) is 0 Å². The lowest BCUT2D eigenvalue weighted by molar-refractivity contribution is -0.150. The largest absolute Gasteiger partial charge is 0.492 e. The maximum atomic E-state index is 13.3. The van der Waals surface area contributed by atoms with Crippen molar-refractivity contribution < 1.29 is 27.4 Å². The van der Waals surface area contributed by atoms with Gasteiger partial charge in [0.2, 0.25) is 0 Å². The van der Waals surface area contributed by atoms with Crippen molar-refractivity contribution in [2.24, 2.45) is 5.92 Å². The van der Waals surface area contributed by atoms with Crippen LogP contribution in [0.3, 0.4) is 0 Å². The van der Waals surface area contributed by atoms with E-state index in [4.69, 9.17) is 4.74 Å². The Morgan fingerprint density at radius 1 is 1.06 bits per heavy atom. The van der Waals surface area contributed by atoms with Crippen molar-refractivity contribution in [3.05, 3.63) is 64.7 Å². The predicted octanol–water partition coefficient (Wildman–Crippen LogP) is 3.97. The molecular formula is C24H28F4N2O2. The molecule has 0 aliphatic carbocycles. The third-order valence-electron chi connectivity index (χ3n) is 6.22. The number of benzene rings is 2. The standard InChI is InChI=1S/C24H28F4N2O2/c25-12-18-13-29(14-18)9-10-32-21-4-2-19(3-5-21)23-22-6-1-17(15-31)11-20(22)7-8-30(23)16-24(26,27)28/h1-6,11,18,23,31H,7-10,12-16H2/t23-/m1/s1. The second-order valence-electron chi connectivity index (χ2n) is 8.63. The van der Waals surface area contributed by atoms with Crippen molar-refractivity contribution in [3.63, 3.8) is 0 Å². The van der Waals surface area contributed by atoms with E-state index in [0.29, 0.717) is 25.3 Å². The fourth-order valence-corrected chi connectivity index (χ4v) is 4.62. The molecule has 174 valence electrons. The molecule has 1 saturated heterocycles. The van der Waals surface area contributed by atoms with Crippen LogP contribution >= 0.6 is 0 Å². The number of nitrogens with zero attached hydrogens (tertiary/aromatic N) is 2. The summed E-state index contributed by atoms with van der Waals surface area (Å²) >= 11 is 0. The van der Waals surface area contributed by atoms with Gasteiger partial charge in [0.05, 0.1) is 25.9 Å². The molecular weight excluding hydrogens is 424 g/mol. The Hall–Kier alpha value is -2.16. The van der Waals surface area contributed by atoms with E-state index in [0.717, 1.165) is 41.9 Å². The van der Waals surface area contributed by atoms with Gasteiger partial charge in [0.15, 0.2) is 0 Å². The number of ether oxygens (including phenoxy) is 1. The Labute approximate surface area is 185 Å². The maximum absolute atomic E-state index is 13.3. The second-order valence-corrected chi connectivity index (χ2v) is 8.63. The number of halogens is 4. The Bertz CT molecular complexity index is 898. The summed E-state index contributed by atoms with van der Waals surface area (Å²) in [6.07, 6.45) is -3.78. The fourth-order valence-electron chi connectivity index (χ4n) is 4.62. The van der Waals surface area contributed by atoms with Crippen LogP contribution < -0.4 is 4.74 Å². The molecule has 4 nitrogen and oxygen atoms in total. The van der Waals surface area contributed by atoms with E-state index in [9.17, 15) is 22.7 Å². The highest BCUT2D eigenvalue weighted by Gasteiger charge is 2.37. The van der Waals surface area contributed by atoms with Crippen LogP contribution in [-0.2, 0) is 13.0 Å². The molecule has 1 atom stereocenters. The molecule has 4 rings (SSSR count). The van der Waals surface area contributed by atoms with Crippen LogP contribution in [0.2, 0.25) is 0 Å². The number of aliphatic hydroxyl groups is 1. The topological polar surface area (TPSA) is 35.9 Å². The molecule has 0 bridgehead atoms. The number of hydrogen-bond donors (Lipinski definition) is 1. The summed E-state index contributed by atoms with van der Waals surface area (Å²) < 4.78 is 58.0. The molecule has 0 amide bonds. The SMILES string of the molecule is OCc1ccc2c(c1)CCN(CC(F)(F)F)[C@@H]2c1ccc(OCCN2CC(CF)C2)cc1. The van der Waals surface area contributed by atoms with E-state index in [1.54, 1.807) is 18.2 Å². The van der Waals surface area contributed by atoms with Gasteiger partial charge < -0.3 is 9.84 Å². The molecule has 32 heavy (non-hydrogen) atoms. The molecule has 1 N–H and O–H groups in total. The molecule has 0 spiro atoms. The summed E-state index contributed by atoms with van der Waals surface area (Å²) in [7, 11) is 0. The van der Waals surface area contributed by atoms with Gasteiger partial charge in [-0.25, -0.2) is 0 Å². The van der Waals surface area contributed by atoms with Gasteiger partial charge in [0.1, 0.15) is 12.4 Å². The first-order valence-corrected chi connectivity index (χ1v) is 10.9. The van der Waals surface area contributed by atoms with Crippen molar-refractivity contribution in [2.75, 3.05) is 46.0 Å². The van der Waals surface area contributed by atoms with Gasteiger partial charge in [-0.1, -0.05) is 30.3 Å². The van der Waals surface area contributed by atoms with Crippen LogP contribution in [0.4, 0.5) is 17.6 Å². The molecule has 2 aromatic rings. The Morgan fingerprint density at radius 3 is 2.47 bits per heavy atom. The quantitative estimate of drug-likeness (QED) is 0.615. The minimum atomic E-state index is -4.29. The summed E-state index contributed by atoms with van der Waals surface area (Å²) in [5.74, 6) is 0.797. The minimum absolute atomic E-state index is 0.0951. The second kappa shape index (κ2) is 9.77. The highest BCUT2D eigenvalue weighted by atomic mass is 19.4. The summed E-state index contributed by atoms with van der Waals surface area (Å²) in [4.78, 5) is 3.59. The van der Waals surface area contributed by atoms with Crippen LogP contribution in [0.1, 0.15) is 28.3 Å². The monoisotopic (exact) mass is 452 g/mol. The van der Waals surface area contributed by atoms with Gasteiger partial charge >= 0.3 is 6.18 Å². The number of rotatable bonds is 8. The minimum Gasteiger partial charge on any atom is -0.492 e. The molecule has 2 aliphatic rings. The highest BCUT2D eigenvalue weighted by Crippen LogP contribution is 2.38. The first-order chi connectivity index (χ1) is 15.4. The highest BCUT2D eigenvalue weighted by molar-refractivity contribution is 5.43. The zero-order valence-electron chi connectivity index (χ0n) is 17.8. The maximum Gasteiger partial charge on any atom is 0.401 e. The van der Waals surface area contributed by atoms with E-state index in [1.165, 1.54) is 4.90 Å². The molecule has 2 heterocycles. The molecule has 0 saturated carbocycles. The van der Waals surface area contributed by atoms with Crippen LogP contribution in [0.15, 0.2) is 42.5 Å². The van der Waals surface area contributed by atoms with Crippen molar-refractivity contribution in [3.8, 4) is 5.75 Å². The van der Waals surface area contributed by atoms with Gasteiger partial charge in [-0.05, 0) is 40.8 Å². The average molecular weight is 452 g/mol. The fraction of sp³-hybridized carbons (Fsp3) is 0.500. The summed E-state index contributed by atoms with van der Waals surface area (Å²) in [6, 6.07) is 12.2. The third-order valence-corrected chi connectivity index (χ3v) is 6.22. The van der Waals surface area contributed by atoms with Crippen molar-refractivity contribution in [1.82, 2.24) is 9.80 Å². The predicted molar refractivity (Wildman–Crippen MR) is 113 cm³/mol. The number of fused-ring (bicyclic) bond motifs is 1. The van der Waals surface area contributed by atoms with E-state index in [-0.39, 0.29) is 19.2 Å². The van der Waals surface area contributed by atoms with E-state index in [1.807, 2.05) is 24.3 Å². The molecule has 0 unspecified atom stereocenters. The first-order valence-electron chi connectivity index (χ1n) is 10.9. The average Bonchev–Trinajstić information content (AvgIpc) is 2.74. The van der Waals surface area contributed by atoms with Gasteiger partial charge in [-0.3, -0.25) is 14.2 Å². The molecule has 1 fully saturated rings. The molecule has 2 aliphatic heterocycles. The van der Waals surface area contributed by atoms with Crippen LogP contribution in [0, 0.1) is 5.92 Å². The Balaban J connectivity index is 1.47. The van der Waals surface area contributed by atoms with Gasteiger partial charge in [-0.2, -0.15) is 13.2 Å². The van der Waals surface area contributed by atoms with Gasteiger partial charge in [-0.15, -0.1) is 0 Å². The zero-order chi connectivity index (χ0) is 22.7. The van der Waals surface area contributed by atoms with E-state index in [2.05, 4.69) is 4.90 Å². The van der Waals surface area contributed by atoms with Crippen LogP contribution in [0.5, 0.6) is 5.75 Å².